The van der Waals surface area contributed by atoms with Gasteiger partial charge in [-0.1, -0.05) is 41.9 Å². The average molecular weight is 431 g/mol. The minimum absolute atomic E-state index is 0. The number of guanidine groups is 1. The number of hydrogen-bond donors (Lipinski definition) is 2. The van der Waals surface area contributed by atoms with Crippen LogP contribution in [0.15, 0.2) is 47.6 Å². The molecule has 2 N–H and O–H groups in total. The molecule has 4 nitrogen and oxygen atoms in total. The van der Waals surface area contributed by atoms with E-state index in [1.165, 1.54) is 11.1 Å². The summed E-state index contributed by atoms with van der Waals surface area (Å²) in [6, 6.07) is 12.0. The molecule has 0 atom stereocenters. The number of benzene rings is 1. The molecule has 2 rings (SSSR count). The number of rotatable bonds is 4. The lowest BCUT2D eigenvalue weighted by molar-refractivity contribution is 0.804. The number of aromatic nitrogens is 1. The minimum Gasteiger partial charge on any atom is -0.352 e. The molecule has 0 spiro atoms. The van der Waals surface area contributed by atoms with E-state index in [0.29, 0.717) is 11.7 Å². The fourth-order valence-corrected chi connectivity index (χ4v) is 2.02. The summed E-state index contributed by atoms with van der Waals surface area (Å²) in [6.45, 7) is 3.50. The third-order valence-corrected chi connectivity index (χ3v) is 3.40. The van der Waals surface area contributed by atoms with E-state index in [-0.39, 0.29) is 24.0 Å². The quantitative estimate of drug-likeness (QED) is 0.338. The van der Waals surface area contributed by atoms with Gasteiger partial charge < -0.3 is 10.6 Å². The average Bonchev–Trinajstić information content (AvgIpc) is 2.51. The monoisotopic (exact) mass is 430 g/mol. The Labute approximate surface area is 153 Å². The molecular formula is C16H20ClIN4. The van der Waals surface area contributed by atoms with Gasteiger partial charge in [-0.2, -0.15) is 0 Å². The van der Waals surface area contributed by atoms with Crippen molar-refractivity contribution in [3.63, 3.8) is 0 Å². The second kappa shape index (κ2) is 9.63. The van der Waals surface area contributed by atoms with Crippen LogP contribution in [-0.4, -0.2) is 18.0 Å². The molecular weight excluding hydrogens is 411 g/mol. The van der Waals surface area contributed by atoms with Gasteiger partial charge in [-0.05, 0) is 29.7 Å². The smallest absolute Gasteiger partial charge is 0.191 e. The largest absolute Gasteiger partial charge is 0.352 e. The van der Waals surface area contributed by atoms with Gasteiger partial charge in [0.05, 0.1) is 0 Å². The Balaban J connectivity index is 0.00000242. The first kappa shape index (κ1) is 18.7. The maximum atomic E-state index is 5.77. The molecule has 0 saturated heterocycles. The van der Waals surface area contributed by atoms with Crippen molar-refractivity contribution >= 4 is 41.5 Å². The van der Waals surface area contributed by atoms with E-state index < -0.39 is 0 Å². The molecule has 0 aliphatic heterocycles. The summed E-state index contributed by atoms with van der Waals surface area (Å²) in [5, 5.41) is 7.05. The molecule has 6 heteroatoms. The normalized spacial score (nSPS) is 10.8. The first-order valence-corrected chi connectivity index (χ1v) is 7.16. The maximum Gasteiger partial charge on any atom is 0.191 e. The fraction of sp³-hybridized carbons (Fsp3) is 0.250. The molecule has 0 unspecified atom stereocenters. The number of nitrogens with zero attached hydrogens (tertiary/aromatic N) is 2. The van der Waals surface area contributed by atoms with Crippen LogP contribution in [0.1, 0.15) is 16.7 Å². The number of hydrogen-bond acceptors (Lipinski definition) is 2. The fourth-order valence-electron chi connectivity index (χ4n) is 1.90. The molecule has 0 amide bonds. The molecule has 1 aromatic carbocycles. The maximum absolute atomic E-state index is 5.77. The highest BCUT2D eigenvalue weighted by Crippen LogP contribution is 2.06. The number of nitrogens with one attached hydrogen (secondary N) is 2. The standard InChI is InChI=1S/C16H19ClN4.HI/c1-12-5-3-4-6-14(12)11-21-16(18-2)20-10-13-7-8-15(17)19-9-13;/h3-9H,10-11H2,1-2H3,(H2,18,20,21);1H. The third kappa shape index (κ3) is 5.81. The third-order valence-electron chi connectivity index (χ3n) is 3.18. The van der Waals surface area contributed by atoms with Crippen molar-refractivity contribution in [2.75, 3.05) is 7.05 Å². The van der Waals surface area contributed by atoms with Crippen LogP contribution in [0, 0.1) is 6.92 Å². The second-order valence-corrected chi connectivity index (χ2v) is 5.08. The molecule has 118 valence electrons. The zero-order chi connectivity index (χ0) is 15.1. The summed E-state index contributed by atoms with van der Waals surface area (Å²) in [5.41, 5.74) is 3.58. The van der Waals surface area contributed by atoms with Gasteiger partial charge in [-0.15, -0.1) is 24.0 Å². The zero-order valence-electron chi connectivity index (χ0n) is 12.6. The Bertz CT molecular complexity index is 614. The van der Waals surface area contributed by atoms with Crippen molar-refractivity contribution in [3.8, 4) is 0 Å². The highest BCUT2D eigenvalue weighted by atomic mass is 127. The number of aliphatic imine (C=N–C) groups is 1. The number of halogens is 2. The SMILES string of the molecule is CN=C(NCc1ccc(Cl)nc1)NCc1ccccc1C.I. The van der Waals surface area contributed by atoms with Crippen molar-refractivity contribution in [3.05, 3.63) is 64.4 Å². The summed E-state index contributed by atoms with van der Waals surface area (Å²) >= 11 is 5.77. The van der Waals surface area contributed by atoms with E-state index in [2.05, 4.69) is 39.7 Å². The van der Waals surface area contributed by atoms with E-state index in [1.807, 2.05) is 18.2 Å². The van der Waals surface area contributed by atoms with Crippen LogP contribution >= 0.6 is 35.6 Å². The van der Waals surface area contributed by atoms with Crippen LogP contribution < -0.4 is 10.6 Å². The Morgan fingerprint density at radius 3 is 2.50 bits per heavy atom. The topological polar surface area (TPSA) is 49.3 Å². The molecule has 1 heterocycles. The van der Waals surface area contributed by atoms with Crippen LogP contribution in [0.25, 0.3) is 0 Å². The van der Waals surface area contributed by atoms with Gasteiger partial charge >= 0.3 is 0 Å². The van der Waals surface area contributed by atoms with Crippen molar-refractivity contribution < 1.29 is 0 Å². The number of pyridine rings is 1. The first-order valence-electron chi connectivity index (χ1n) is 6.78. The summed E-state index contributed by atoms with van der Waals surface area (Å²) in [6.07, 6.45) is 1.75. The molecule has 22 heavy (non-hydrogen) atoms. The van der Waals surface area contributed by atoms with E-state index in [0.717, 1.165) is 18.1 Å². The van der Waals surface area contributed by atoms with Gasteiger partial charge in [0.2, 0.25) is 0 Å². The predicted molar refractivity (Wildman–Crippen MR) is 103 cm³/mol. The van der Waals surface area contributed by atoms with Crippen LogP contribution in [0.2, 0.25) is 5.15 Å². The van der Waals surface area contributed by atoms with Crippen molar-refractivity contribution in [1.29, 1.82) is 0 Å². The van der Waals surface area contributed by atoms with Crippen LogP contribution in [0.5, 0.6) is 0 Å². The summed E-state index contributed by atoms with van der Waals surface area (Å²) in [4.78, 5) is 8.27. The van der Waals surface area contributed by atoms with Gasteiger partial charge in [0, 0.05) is 26.3 Å². The Morgan fingerprint density at radius 2 is 1.86 bits per heavy atom. The summed E-state index contributed by atoms with van der Waals surface area (Å²) in [7, 11) is 1.76. The summed E-state index contributed by atoms with van der Waals surface area (Å²) < 4.78 is 0. The lowest BCUT2D eigenvalue weighted by Crippen LogP contribution is -2.36. The molecule has 0 bridgehead atoms. The van der Waals surface area contributed by atoms with Gasteiger partial charge in [0.1, 0.15) is 5.15 Å². The van der Waals surface area contributed by atoms with Crippen LogP contribution in [-0.2, 0) is 13.1 Å². The molecule has 1 aromatic heterocycles. The minimum atomic E-state index is 0. The predicted octanol–water partition coefficient (Wildman–Crippen LogP) is 3.53. The van der Waals surface area contributed by atoms with Crippen LogP contribution in [0.4, 0.5) is 0 Å². The summed E-state index contributed by atoms with van der Waals surface area (Å²) in [5.74, 6) is 0.758. The zero-order valence-corrected chi connectivity index (χ0v) is 15.7. The molecule has 0 saturated carbocycles. The Kier molecular flexibility index (Phi) is 8.19. The molecule has 0 radical (unpaired) electrons. The highest BCUT2D eigenvalue weighted by Gasteiger charge is 2.01. The van der Waals surface area contributed by atoms with Crippen molar-refractivity contribution in [1.82, 2.24) is 15.6 Å². The molecule has 0 aliphatic rings. The van der Waals surface area contributed by atoms with Gasteiger partial charge in [-0.25, -0.2) is 4.98 Å². The van der Waals surface area contributed by atoms with E-state index in [4.69, 9.17) is 11.6 Å². The number of aryl methyl sites for hydroxylation is 1. The molecule has 2 aromatic rings. The van der Waals surface area contributed by atoms with Crippen LogP contribution in [0.3, 0.4) is 0 Å². The van der Waals surface area contributed by atoms with E-state index in [1.54, 1.807) is 19.3 Å². The van der Waals surface area contributed by atoms with E-state index >= 15 is 0 Å². The van der Waals surface area contributed by atoms with Crippen molar-refractivity contribution in [2.45, 2.75) is 20.0 Å². The van der Waals surface area contributed by atoms with E-state index in [9.17, 15) is 0 Å². The van der Waals surface area contributed by atoms with Gasteiger partial charge in [0.15, 0.2) is 5.96 Å². The Hall–Kier alpha value is -1.34. The van der Waals surface area contributed by atoms with Gasteiger partial charge in [-0.3, -0.25) is 4.99 Å². The van der Waals surface area contributed by atoms with Gasteiger partial charge in [0.25, 0.3) is 0 Å². The first-order chi connectivity index (χ1) is 10.2. The lowest BCUT2D eigenvalue weighted by Gasteiger charge is -2.13. The lowest BCUT2D eigenvalue weighted by atomic mass is 10.1. The van der Waals surface area contributed by atoms with Crippen molar-refractivity contribution in [2.24, 2.45) is 4.99 Å². The second-order valence-electron chi connectivity index (χ2n) is 4.69. The Morgan fingerprint density at radius 1 is 1.14 bits per heavy atom. The highest BCUT2D eigenvalue weighted by molar-refractivity contribution is 14.0. The molecule has 0 aliphatic carbocycles. The molecule has 0 fully saturated rings.